The average Bonchev–Trinajstić information content (AvgIpc) is 3.06. The number of rotatable bonds is 4. The van der Waals surface area contributed by atoms with Crippen LogP contribution in [0.5, 0.6) is 0 Å². The number of likely N-dealkylation sites (tertiary alicyclic amines) is 1. The number of nitrogens with zero attached hydrogens (tertiary/aromatic N) is 3. The Morgan fingerprint density at radius 3 is 2.64 bits per heavy atom. The van der Waals surface area contributed by atoms with Crippen LogP contribution in [0.25, 0.3) is 0 Å². The second-order valence-corrected chi connectivity index (χ2v) is 7.75. The van der Waals surface area contributed by atoms with E-state index in [0.29, 0.717) is 18.1 Å². The van der Waals surface area contributed by atoms with Gasteiger partial charge in [0.15, 0.2) is 5.96 Å². The molecular weight excluding hydrogens is 429 g/mol. The maximum atomic E-state index is 6.02. The Hall–Kier alpha value is -0.120. The molecule has 0 aromatic heterocycles. The smallest absolute Gasteiger partial charge is 0.191 e. The van der Waals surface area contributed by atoms with E-state index in [1.54, 1.807) is 0 Å². The van der Waals surface area contributed by atoms with E-state index < -0.39 is 0 Å². The third kappa shape index (κ3) is 5.94. The first-order valence-electron chi connectivity index (χ1n) is 9.72. The first-order valence-corrected chi connectivity index (χ1v) is 9.72. The predicted molar refractivity (Wildman–Crippen MR) is 114 cm³/mol. The number of fused-ring (bicyclic) bond motifs is 1. The highest BCUT2D eigenvalue weighted by Gasteiger charge is 2.32. The van der Waals surface area contributed by atoms with E-state index in [1.165, 1.54) is 45.3 Å². The summed E-state index contributed by atoms with van der Waals surface area (Å²) in [6, 6.07) is 1.85. The van der Waals surface area contributed by atoms with Gasteiger partial charge in [0, 0.05) is 51.4 Å². The fraction of sp³-hybridized carbons (Fsp3) is 0.944. The highest BCUT2D eigenvalue weighted by Crippen LogP contribution is 2.22. The zero-order chi connectivity index (χ0) is 16.9. The van der Waals surface area contributed by atoms with Crippen molar-refractivity contribution >= 4 is 29.9 Å². The van der Waals surface area contributed by atoms with Crippen molar-refractivity contribution in [2.45, 2.75) is 63.8 Å². The standard InChI is InChI=1S/C18H35N5O.HI/c1-14(2)22-9-6-15(7-10-22)21-18(19-3)20-11-17-12-23-8-4-5-16(23)13-24-17;/h14-17H,4-13H2,1-3H3,(H2,19,20,21);1H. The van der Waals surface area contributed by atoms with Crippen molar-refractivity contribution in [3.8, 4) is 0 Å². The first kappa shape index (κ1) is 21.2. The van der Waals surface area contributed by atoms with Gasteiger partial charge in [-0.1, -0.05) is 0 Å². The lowest BCUT2D eigenvalue weighted by Gasteiger charge is -2.36. The van der Waals surface area contributed by atoms with E-state index in [0.717, 1.165) is 25.7 Å². The highest BCUT2D eigenvalue weighted by atomic mass is 127. The molecule has 6 nitrogen and oxygen atoms in total. The minimum Gasteiger partial charge on any atom is -0.373 e. The molecule has 146 valence electrons. The molecule has 0 aromatic rings. The van der Waals surface area contributed by atoms with E-state index in [2.05, 4.69) is 39.3 Å². The van der Waals surface area contributed by atoms with Crippen molar-refractivity contribution in [3.05, 3.63) is 0 Å². The molecule has 0 aromatic carbocycles. The van der Waals surface area contributed by atoms with Crippen molar-refractivity contribution in [1.82, 2.24) is 20.4 Å². The van der Waals surface area contributed by atoms with Crippen LogP contribution in [0.4, 0.5) is 0 Å². The summed E-state index contributed by atoms with van der Waals surface area (Å²) in [6.45, 7) is 10.9. The Morgan fingerprint density at radius 2 is 1.96 bits per heavy atom. The van der Waals surface area contributed by atoms with Gasteiger partial charge in [-0.3, -0.25) is 9.89 Å². The summed E-state index contributed by atoms with van der Waals surface area (Å²) in [5, 5.41) is 7.07. The summed E-state index contributed by atoms with van der Waals surface area (Å²) < 4.78 is 6.02. The fourth-order valence-electron chi connectivity index (χ4n) is 4.17. The zero-order valence-electron chi connectivity index (χ0n) is 16.0. The molecule has 25 heavy (non-hydrogen) atoms. The van der Waals surface area contributed by atoms with Crippen LogP contribution in [-0.2, 0) is 4.74 Å². The second kappa shape index (κ2) is 10.3. The molecule has 3 aliphatic rings. The largest absolute Gasteiger partial charge is 0.373 e. The normalized spacial score (nSPS) is 29.4. The van der Waals surface area contributed by atoms with Crippen molar-refractivity contribution in [3.63, 3.8) is 0 Å². The molecule has 0 saturated carbocycles. The lowest BCUT2D eigenvalue weighted by Crippen LogP contribution is -2.53. The molecule has 3 saturated heterocycles. The number of morpholine rings is 1. The van der Waals surface area contributed by atoms with Crippen molar-refractivity contribution in [2.24, 2.45) is 4.99 Å². The molecule has 0 radical (unpaired) electrons. The van der Waals surface area contributed by atoms with E-state index in [1.807, 2.05) is 7.05 Å². The molecule has 3 fully saturated rings. The molecule has 3 aliphatic heterocycles. The Labute approximate surface area is 170 Å². The molecule has 0 amide bonds. The number of nitrogens with one attached hydrogen (secondary N) is 2. The molecule has 2 N–H and O–H groups in total. The number of ether oxygens (including phenoxy) is 1. The van der Waals surface area contributed by atoms with Gasteiger partial charge in [-0.25, -0.2) is 0 Å². The van der Waals surface area contributed by atoms with Gasteiger partial charge < -0.3 is 20.3 Å². The molecule has 0 spiro atoms. The van der Waals surface area contributed by atoms with Crippen LogP contribution in [0.2, 0.25) is 0 Å². The van der Waals surface area contributed by atoms with Crippen LogP contribution in [-0.4, -0.2) is 86.4 Å². The second-order valence-electron chi connectivity index (χ2n) is 7.75. The molecule has 0 bridgehead atoms. The number of hydrogen-bond acceptors (Lipinski definition) is 4. The third-order valence-corrected chi connectivity index (χ3v) is 5.78. The topological polar surface area (TPSA) is 52.1 Å². The predicted octanol–water partition coefficient (Wildman–Crippen LogP) is 1.51. The summed E-state index contributed by atoms with van der Waals surface area (Å²) >= 11 is 0. The molecule has 2 unspecified atom stereocenters. The Morgan fingerprint density at radius 1 is 1.20 bits per heavy atom. The van der Waals surface area contributed by atoms with Crippen LogP contribution in [0.3, 0.4) is 0 Å². The van der Waals surface area contributed by atoms with Gasteiger partial charge in [0.25, 0.3) is 0 Å². The number of hydrogen-bond donors (Lipinski definition) is 2. The van der Waals surface area contributed by atoms with Crippen molar-refractivity contribution in [2.75, 3.05) is 46.4 Å². The van der Waals surface area contributed by atoms with Gasteiger partial charge in [-0.15, -0.1) is 24.0 Å². The van der Waals surface area contributed by atoms with Crippen LogP contribution >= 0.6 is 24.0 Å². The van der Waals surface area contributed by atoms with Gasteiger partial charge in [0.2, 0.25) is 0 Å². The minimum absolute atomic E-state index is 0. The molecule has 3 heterocycles. The van der Waals surface area contributed by atoms with Crippen LogP contribution < -0.4 is 10.6 Å². The van der Waals surface area contributed by atoms with E-state index in [9.17, 15) is 0 Å². The quantitative estimate of drug-likeness (QED) is 0.375. The number of aliphatic imine (C=N–C) groups is 1. The average molecular weight is 465 g/mol. The summed E-state index contributed by atoms with van der Waals surface area (Å²) in [5.41, 5.74) is 0. The summed E-state index contributed by atoms with van der Waals surface area (Å²) in [7, 11) is 1.86. The SMILES string of the molecule is CN=C(NCC1CN2CCCC2CO1)NC1CCN(C(C)C)CC1.I. The molecular formula is C18H36IN5O. The van der Waals surface area contributed by atoms with Crippen molar-refractivity contribution in [1.29, 1.82) is 0 Å². The summed E-state index contributed by atoms with van der Waals surface area (Å²) in [5.74, 6) is 0.921. The summed E-state index contributed by atoms with van der Waals surface area (Å²) in [6.07, 6.45) is 5.29. The maximum Gasteiger partial charge on any atom is 0.191 e. The minimum atomic E-state index is 0. The maximum absolute atomic E-state index is 6.02. The number of piperidine rings is 1. The summed E-state index contributed by atoms with van der Waals surface area (Å²) in [4.78, 5) is 9.54. The number of halogens is 1. The first-order chi connectivity index (χ1) is 11.7. The van der Waals surface area contributed by atoms with Crippen LogP contribution in [0.1, 0.15) is 39.5 Å². The monoisotopic (exact) mass is 465 g/mol. The Balaban J connectivity index is 0.00000225. The van der Waals surface area contributed by atoms with Gasteiger partial charge in [0.1, 0.15) is 0 Å². The van der Waals surface area contributed by atoms with Crippen molar-refractivity contribution < 1.29 is 4.74 Å². The van der Waals surface area contributed by atoms with Gasteiger partial charge in [-0.2, -0.15) is 0 Å². The van der Waals surface area contributed by atoms with E-state index in [4.69, 9.17) is 4.74 Å². The fourth-order valence-corrected chi connectivity index (χ4v) is 4.17. The van der Waals surface area contributed by atoms with E-state index >= 15 is 0 Å². The Kier molecular flexibility index (Phi) is 8.71. The molecule has 7 heteroatoms. The molecule has 2 atom stereocenters. The zero-order valence-corrected chi connectivity index (χ0v) is 18.4. The van der Waals surface area contributed by atoms with Gasteiger partial charge >= 0.3 is 0 Å². The number of guanidine groups is 1. The lowest BCUT2D eigenvalue weighted by molar-refractivity contribution is -0.0453. The lowest BCUT2D eigenvalue weighted by atomic mass is 10.0. The highest BCUT2D eigenvalue weighted by molar-refractivity contribution is 14.0. The molecule has 3 rings (SSSR count). The molecule has 0 aliphatic carbocycles. The van der Waals surface area contributed by atoms with Gasteiger partial charge in [0.05, 0.1) is 12.7 Å². The van der Waals surface area contributed by atoms with Crippen LogP contribution in [0, 0.1) is 0 Å². The van der Waals surface area contributed by atoms with Crippen LogP contribution in [0.15, 0.2) is 4.99 Å². The van der Waals surface area contributed by atoms with Gasteiger partial charge in [-0.05, 0) is 46.1 Å². The third-order valence-electron chi connectivity index (χ3n) is 5.78. The Bertz CT molecular complexity index is 426. The van der Waals surface area contributed by atoms with E-state index in [-0.39, 0.29) is 30.1 Å².